The van der Waals surface area contributed by atoms with Crippen molar-refractivity contribution in [2.24, 2.45) is 0 Å². The third-order valence-electron chi connectivity index (χ3n) is 4.35. The van der Waals surface area contributed by atoms with Gasteiger partial charge in [0.2, 0.25) is 5.91 Å². The largest absolute Gasteiger partial charge is 0.462 e. The lowest BCUT2D eigenvalue weighted by atomic mass is 10.1. The Hall–Kier alpha value is -3.59. The van der Waals surface area contributed by atoms with Crippen molar-refractivity contribution in [2.45, 2.75) is 20.8 Å². The van der Waals surface area contributed by atoms with Crippen molar-refractivity contribution >= 4 is 50.7 Å². The lowest BCUT2D eigenvalue weighted by Gasteiger charge is -2.10. The van der Waals surface area contributed by atoms with E-state index in [0.717, 1.165) is 10.9 Å². The lowest BCUT2D eigenvalue weighted by Crippen LogP contribution is -2.35. The summed E-state index contributed by atoms with van der Waals surface area (Å²) < 4.78 is 5.11. The fraction of sp³-hybridized carbons (Fsp3) is 0.190. The number of rotatable bonds is 7. The van der Waals surface area contributed by atoms with Crippen LogP contribution in [0.5, 0.6) is 0 Å². The van der Waals surface area contributed by atoms with Crippen LogP contribution >= 0.6 is 11.3 Å². The van der Waals surface area contributed by atoms with Gasteiger partial charge < -0.3 is 15.0 Å². The number of hydrogen-bond donors (Lipinski definition) is 4. The number of fused-ring (bicyclic) bond motifs is 1. The van der Waals surface area contributed by atoms with Crippen LogP contribution < -0.4 is 16.2 Å². The Bertz CT molecular complexity index is 1150. The van der Waals surface area contributed by atoms with E-state index in [1.165, 1.54) is 18.3 Å². The van der Waals surface area contributed by atoms with Gasteiger partial charge in [-0.05, 0) is 25.5 Å². The van der Waals surface area contributed by atoms with E-state index in [4.69, 9.17) is 4.74 Å². The van der Waals surface area contributed by atoms with E-state index in [1.54, 1.807) is 20.0 Å². The van der Waals surface area contributed by atoms with Crippen molar-refractivity contribution < 1.29 is 19.1 Å². The number of aromatic nitrogens is 1. The molecule has 8 nitrogen and oxygen atoms in total. The highest BCUT2D eigenvalue weighted by Gasteiger charge is 2.24. The van der Waals surface area contributed by atoms with Gasteiger partial charge in [0.05, 0.1) is 28.3 Å². The molecule has 0 unspecified atom stereocenters. The van der Waals surface area contributed by atoms with Gasteiger partial charge in [0, 0.05) is 24.0 Å². The summed E-state index contributed by atoms with van der Waals surface area (Å²) in [7, 11) is 0. The number of aromatic amines is 1. The number of hydrogen-bond acceptors (Lipinski definition) is 6. The van der Waals surface area contributed by atoms with E-state index >= 15 is 0 Å². The molecule has 3 rings (SSSR count). The van der Waals surface area contributed by atoms with Crippen molar-refractivity contribution in [3.05, 3.63) is 58.6 Å². The number of H-pyrrole nitrogens is 1. The van der Waals surface area contributed by atoms with E-state index in [-0.39, 0.29) is 24.0 Å². The fourth-order valence-electron chi connectivity index (χ4n) is 3.01. The van der Waals surface area contributed by atoms with E-state index in [0.29, 0.717) is 26.7 Å². The Morgan fingerprint density at radius 1 is 1.20 bits per heavy atom. The molecular weight excluding hydrogens is 404 g/mol. The third kappa shape index (κ3) is 4.20. The lowest BCUT2D eigenvalue weighted by molar-refractivity contribution is -0.114. The molecule has 2 aromatic heterocycles. The summed E-state index contributed by atoms with van der Waals surface area (Å²) >= 11 is 1.18. The van der Waals surface area contributed by atoms with Crippen LogP contribution in [0.3, 0.4) is 0 Å². The zero-order chi connectivity index (χ0) is 21.8. The number of carbonyl (C=O) groups is 3. The van der Waals surface area contributed by atoms with E-state index < -0.39 is 5.97 Å². The molecule has 9 heteroatoms. The zero-order valence-corrected chi connectivity index (χ0v) is 17.7. The van der Waals surface area contributed by atoms with Crippen molar-refractivity contribution in [1.82, 2.24) is 15.8 Å². The van der Waals surface area contributed by atoms with Gasteiger partial charge in [0.25, 0.3) is 5.91 Å². The molecule has 156 valence electrons. The minimum atomic E-state index is -0.531. The van der Waals surface area contributed by atoms with Gasteiger partial charge in [-0.1, -0.05) is 24.8 Å². The number of hydrazine groups is 1. The second kappa shape index (κ2) is 8.83. The molecule has 3 aromatic rings. The second-order valence-electron chi connectivity index (χ2n) is 6.47. The molecular formula is C21H22N4O4S. The second-order valence-corrected chi connectivity index (χ2v) is 7.49. The number of para-hydroxylation sites is 1. The molecule has 0 radical (unpaired) electrons. The predicted molar refractivity (Wildman–Crippen MR) is 117 cm³/mol. The molecule has 30 heavy (non-hydrogen) atoms. The third-order valence-corrected chi connectivity index (χ3v) is 5.62. The Morgan fingerprint density at radius 2 is 1.93 bits per heavy atom. The van der Waals surface area contributed by atoms with Crippen molar-refractivity contribution in [1.29, 1.82) is 0 Å². The number of thiophene rings is 1. The molecule has 0 saturated carbocycles. The summed E-state index contributed by atoms with van der Waals surface area (Å²) in [5.74, 6) is -1.17. The first-order chi connectivity index (χ1) is 14.3. The van der Waals surface area contributed by atoms with Gasteiger partial charge in [-0.15, -0.1) is 11.3 Å². The molecule has 2 heterocycles. The number of carbonyl (C=O) groups excluding carboxylic acids is 3. The Balaban J connectivity index is 1.80. The number of nitrogens with one attached hydrogen (secondary N) is 4. The quantitative estimate of drug-likeness (QED) is 0.341. The number of amides is 2. The number of benzene rings is 1. The van der Waals surface area contributed by atoms with Gasteiger partial charge in [-0.3, -0.25) is 20.4 Å². The molecule has 0 fully saturated rings. The van der Waals surface area contributed by atoms with Gasteiger partial charge in [-0.2, -0.15) is 0 Å². The smallest absolute Gasteiger partial charge is 0.341 e. The summed E-state index contributed by atoms with van der Waals surface area (Å²) in [5, 5.41) is 3.83. The molecule has 2 amide bonds. The molecule has 0 spiro atoms. The van der Waals surface area contributed by atoms with Gasteiger partial charge in [-0.25, -0.2) is 4.79 Å². The highest BCUT2D eigenvalue weighted by atomic mass is 32.1. The van der Waals surface area contributed by atoms with Crippen molar-refractivity contribution in [3.63, 3.8) is 0 Å². The Labute approximate surface area is 177 Å². The Kier molecular flexibility index (Phi) is 6.22. The van der Waals surface area contributed by atoms with Crippen LogP contribution in [-0.4, -0.2) is 29.4 Å². The molecule has 0 saturated heterocycles. The normalized spacial score (nSPS) is 10.5. The SMILES string of the molecule is C=C(NNC(=O)c1c[nH]c2ccccc12)c1sc(NC(C)=O)c(C(=O)OCC)c1C. The summed E-state index contributed by atoms with van der Waals surface area (Å²) in [6, 6.07) is 7.47. The average Bonchev–Trinajstić information content (AvgIpc) is 3.27. The first-order valence-corrected chi connectivity index (χ1v) is 10.0. The molecule has 1 aromatic carbocycles. The molecule has 0 atom stereocenters. The van der Waals surface area contributed by atoms with Crippen LogP contribution in [0.15, 0.2) is 37.0 Å². The van der Waals surface area contributed by atoms with E-state index in [2.05, 4.69) is 27.7 Å². The van der Waals surface area contributed by atoms with Crippen LogP contribution in [0, 0.1) is 6.92 Å². The maximum atomic E-state index is 12.6. The van der Waals surface area contributed by atoms with Crippen LogP contribution in [0.25, 0.3) is 16.6 Å². The first kappa shape index (κ1) is 21.1. The standard InChI is InChI=1S/C21H22N4O4S/c1-5-29-21(28)17-11(2)18(30-20(17)23-13(4)26)12(3)24-25-19(27)15-10-22-16-9-7-6-8-14(15)16/h6-10,22,24H,3,5H2,1-2,4H3,(H,23,26)(H,25,27). The van der Waals surface area contributed by atoms with Gasteiger partial charge in [0.1, 0.15) is 5.00 Å². The predicted octanol–water partition coefficient (Wildman–Crippen LogP) is 3.58. The van der Waals surface area contributed by atoms with Crippen LogP contribution in [-0.2, 0) is 9.53 Å². The molecule has 4 N–H and O–H groups in total. The summed E-state index contributed by atoms with van der Waals surface area (Å²) in [4.78, 5) is 40.1. The van der Waals surface area contributed by atoms with E-state index in [1.807, 2.05) is 24.3 Å². The van der Waals surface area contributed by atoms with Gasteiger partial charge >= 0.3 is 5.97 Å². The maximum Gasteiger partial charge on any atom is 0.341 e. The van der Waals surface area contributed by atoms with Crippen molar-refractivity contribution in [3.8, 4) is 0 Å². The van der Waals surface area contributed by atoms with E-state index in [9.17, 15) is 14.4 Å². The maximum absolute atomic E-state index is 12.6. The molecule has 0 aliphatic carbocycles. The highest BCUT2D eigenvalue weighted by molar-refractivity contribution is 7.18. The van der Waals surface area contributed by atoms with Crippen LogP contribution in [0.4, 0.5) is 5.00 Å². The summed E-state index contributed by atoms with van der Waals surface area (Å²) in [6.07, 6.45) is 1.63. The summed E-state index contributed by atoms with van der Waals surface area (Å²) in [6.45, 7) is 8.96. The summed E-state index contributed by atoms with van der Waals surface area (Å²) in [5.41, 5.74) is 8.01. The molecule has 0 aliphatic rings. The first-order valence-electron chi connectivity index (χ1n) is 9.23. The van der Waals surface area contributed by atoms with Crippen LogP contribution in [0.2, 0.25) is 0 Å². The van der Waals surface area contributed by atoms with Crippen LogP contribution in [0.1, 0.15) is 45.0 Å². The monoisotopic (exact) mass is 426 g/mol. The zero-order valence-electron chi connectivity index (χ0n) is 16.8. The minimum absolute atomic E-state index is 0.211. The fourth-order valence-corrected chi connectivity index (χ4v) is 4.18. The molecule has 0 bridgehead atoms. The topological polar surface area (TPSA) is 112 Å². The highest BCUT2D eigenvalue weighted by Crippen LogP contribution is 2.36. The number of esters is 1. The number of anilines is 1. The number of ether oxygens (including phenoxy) is 1. The Morgan fingerprint density at radius 3 is 2.63 bits per heavy atom. The average molecular weight is 426 g/mol. The molecule has 0 aliphatic heterocycles. The van der Waals surface area contributed by atoms with Crippen molar-refractivity contribution in [2.75, 3.05) is 11.9 Å². The minimum Gasteiger partial charge on any atom is -0.462 e. The van der Waals surface area contributed by atoms with Gasteiger partial charge in [0.15, 0.2) is 0 Å².